The number of benzene rings is 1. The highest BCUT2D eigenvalue weighted by Gasteiger charge is 2.25. The first-order valence-corrected chi connectivity index (χ1v) is 13.2. The molecule has 182 valence electrons. The molecule has 5 rings (SSSR count). The SMILES string of the molecule is CSc1nc2nc(C)cc(OCC3CN(C(=O)CSc4ccnc5ccc(F)cc45)CCO3)n2n1. The summed E-state index contributed by atoms with van der Waals surface area (Å²) in [5.74, 6) is 0.912. The Morgan fingerprint density at radius 2 is 2.17 bits per heavy atom. The molecule has 1 aliphatic rings. The summed E-state index contributed by atoms with van der Waals surface area (Å²) >= 11 is 2.81. The summed E-state index contributed by atoms with van der Waals surface area (Å²) in [6.07, 6.45) is 3.29. The molecule has 0 N–H and O–H groups in total. The van der Waals surface area contributed by atoms with E-state index >= 15 is 0 Å². The van der Waals surface area contributed by atoms with Gasteiger partial charge >= 0.3 is 0 Å². The maximum Gasteiger partial charge on any atom is 0.256 e. The molecule has 1 aliphatic heterocycles. The fraction of sp³-hybridized carbons (Fsp3) is 0.348. The van der Waals surface area contributed by atoms with Gasteiger partial charge < -0.3 is 14.4 Å². The van der Waals surface area contributed by atoms with Crippen LogP contribution in [0.4, 0.5) is 4.39 Å². The Morgan fingerprint density at radius 1 is 1.29 bits per heavy atom. The summed E-state index contributed by atoms with van der Waals surface area (Å²) in [6.45, 7) is 3.50. The van der Waals surface area contributed by atoms with Gasteiger partial charge in [0.05, 0.1) is 24.4 Å². The van der Waals surface area contributed by atoms with Crippen LogP contribution in [0.2, 0.25) is 0 Å². The molecule has 0 spiro atoms. The summed E-state index contributed by atoms with van der Waals surface area (Å²) in [6, 6.07) is 8.08. The van der Waals surface area contributed by atoms with Gasteiger partial charge in [-0.05, 0) is 37.4 Å². The summed E-state index contributed by atoms with van der Waals surface area (Å²) in [4.78, 5) is 28.6. The first kappa shape index (κ1) is 23.8. The Kier molecular flexibility index (Phi) is 7.02. The van der Waals surface area contributed by atoms with Crippen LogP contribution in [0.15, 0.2) is 46.6 Å². The van der Waals surface area contributed by atoms with Crippen molar-refractivity contribution in [2.45, 2.75) is 23.1 Å². The van der Waals surface area contributed by atoms with E-state index in [1.165, 1.54) is 35.7 Å². The van der Waals surface area contributed by atoms with Crippen molar-refractivity contribution in [3.8, 4) is 5.88 Å². The second-order valence-corrected chi connectivity index (χ2v) is 9.74. The molecule has 0 radical (unpaired) electrons. The van der Waals surface area contributed by atoms with Crippen molar-refractivity contribution in [1.82, 2.24) is 29.5 Å². The van der Waals surface area contributed by atoms with Crippen molar-refractivity contribution in [2.24, 2.45) is 0 Å². The van der Waals surface area contributed by atoms with Gasteiger partial charge in [-0.25, -0.2) is 9.37 Å². The maximum absolute atomic E-state index is 13.7. The third-order valence-corrected chi connectivity index (χ3v) is 7.09. The Labute approximate surface area is 209 Å². The molecular weight excluding hydrogens is 491 g/mol. The van der Waals surface area contributed by atoms with Crippen molar-refractivity contribution in [1.29, 1.82) is 0 Å². The third kappa shape index (κ3) is 5.34. The minimum absolute atomic E-state index is 0.00676. The number of aryl methyl sites for hydroxylation is 1. The average Bonchev–Trinajstić information content (AvgIpc) is 3.29. The predicted octanol–water partition coefficient (Wildman–Crippen LogP) is 3.24. The van der Waals surface area contributed by atoms with Gasteiger partial charge in [0.25, 0.3) is 5.78 Å². The summed E-state index contributed by atoms with van der Waals surface area (Å²) < 4.78 is 27.1. The lowest BCUT2D eigenvalue weighted by Crippen LogP contribution is -2.48. The number of rotatable bonds is 7. The standard InChI is InChI=1S/C23H23FN6O3S2/c1-14-9-21(30-22(26-14)27-23(28-30)34-2)33-12-16-11-29(7-8-32-16)20(31)13-35-19-5-6-25-18-4-3-15(24)10-17(18)19/h3-6,9-10,16H,7-8,11-13H2,1-2H3. The molecule has 9 nitrogen and oxygen atoms in total. The topological polar surface area (TPSA) is 94.7 Å². The lowest BCUT2D eigenvalue weighted by Gasteiger charge is -2.32. The van der Waals surface area contributed by atoms with E-state index in [9.17, 15) is 9.18 Å². The van der Waals surface area contributed by atoms with Crippen LogP contribution < -0.4 is 4.74 Å². The number of aromatic nitrogens is 5. The Bertz CT molecular complexity index is 1380. The van der Waals surface area contributed by atoms with E-state index in [-0.39, 0.29) is 30.2 Å². The highest BCUT2D eigenvalue weighted by molar-refractivity contribution is 8.00. The number of fused-ring (bicyclic) bond motifs is 2. The van der Waals surface area contributed by atoms with E-state index in [0.717, 1.165) is 10.6 Å². The van der Waals surface area contributed by atoms with E-state index in [4.69, 9.17) is 9.47 Å². The minimum Gasteiger partial charge on any atom is -0.475 e. The molecule has 4 heterocycles. The van der Waals surface area contributed by atoms with E-state index in [1.54, 1.807) is 33.8 Å². The number of halogens is 1. The fourth-order valence-electron chi connectivity index (χ4n) is 3.80. The van der Waals surface area contributed by atoms with Crippen LogP contribution in [0.1, 0.15) is 5.69 Å². The van der Waals surface area contributed by atoms with Gasteiger partial charge in [-0.3, -0.25) is 9.78 Å². The number of hydrogen-bond donors (Lipinski definition) is 0. The molecule has 1 saturated heterocycles. The first-order chi connectivity index (χ1) is 17.0. The number of ether oxygens (including phenoxy) is 2. The molecule has 35 heavy (non-hydrogen) atoms. The molecule has 12 heteroatoms. The highest BCUT2D eigenvalue weighted by Crippen LogP contribution is 2.27. The van der Waals surface area contributed by atoms with Crippen LogP contribution in [-0.2, 0) is 9.53 Å². The van der Waals surface area contributed by atoms with Crippen LogP contribution in [0.25, 0.3) is 16.7 Å². The van der Waals surface area contributed by atoms with Gasteiger partial charge in [0.1, 0.15) is 18.5 Å². The van der Waals surface area contributed by atoms with Crippen molar-refractivity contribution < 1.29 is 18.7 Å². The molecule has 1 unspecified atom stereocenters. The molecule has 1 amide bonds. The number of carbonyl (C=O) groups excluding carboxylic acids is 1. The summed E-state index contributed by atoms with van der Waals surface area (Å²) in [5, 5.41) is 5.72. The first-order valence-electron chi connectivity index (χ1n) is 11.0. The number of nitrogens with zero attached hydrogens (tertiary/aromatic N) is 6. The molecule has 1 fully saturated rings. The van der Waals surface area contributed by atoms with Gasteiger partial charge in [-0.15, -0.1) is 16.9 Å². The molecule has 4 aromatic rings. The molecular formula is C23H23FN6O3S2. The van der Waals surface area contributed by atoms with Gasteiger partial charge in [0.15, 0.2) is 0 Å². The number of morpholine rings is 1. The van der Waals surface area contributed by atoms with E-state index in [2.05, 4.69) is 20.1 Å². The number of carbonyl (C=O) groups is 1. The third-order valence-electron chi connectivity index (χ3n) is 5.49. The molecule has 0 aliphatic carbocycles. The van der Waals surface area contributed by atoms with Crippen LogP contribution in [0.3, 0.4) is 0 Å². The Hall–Kier alpha value is -2.96. The Balaban J connectivity index is 1.21. The zero-order chi connectivity index (χ0) is 24.4. The van der Waals surface area contributed by atoms with E-state index < -0.39 is 0 Å². The highest BCUT2D eigenvalue weighted by atomic mass is 32.2. The lowest BCUT2D eigenvalue weighted by atomic mass is 10.2. The predicted molar refractivity (Wildman–Crippen MR) is 132 cm³/mol. The van der Waals surface area contributed by atoms with Crippen LogP contribution >= 0.6 is 23.5 Å². The lowest BCUT2D eigenvalue weighted by molar-refractivity contribution is -0.137. The van der Waals surface area contributed by atoms with E-state index in [0.29, 0.717) is 47.4 Å². The van der Waals surface area contributed by atoms with Crippen molar-refractivity contribution in [3.63, 3.8) is 0 Å². The molecule has 0 bridgehead atoms. The second-order valence-electron chi connectivity index (χ2n) is 7.95. The zero-order valence-corrected chi connectivity index (χ0v) is 20.8. The summed E-state index contributed by atoms with van der Waals surface area (Å²) in [5.41, 5.74) is 1.47. The number of thioether (sulfide) groups is 2. The number of hydrogen-bond acceptors (Lipinski definition) is 9. The molecule has 1 atom stereocenters. The van der Waals surface area contributed by atoms with Crippen LogP contribution in [0, 0.1) is 12.7 Å². The van der Waals surface area contributed by atoms with Gasteiger partial charge in [-0.1, -0.05) is 11.8 Å². The normalized spacial score (nSPS) is 16.2. The summed E-state index contributed by atoms with van der Waals surface area (Å²) in [7, 11) is 0. The zero-order valence-electron chi connectivity index (χ0n) is 19.2. The van der Waals surface area contributed by atoms with Gasteiger partial charge in [0.2, 0.25) is 16.9 Å². The Morgan fingerprint density at radius 3 is 3.03 bits per heavy atom. The smallest absolute Gasteiger partial charge is 0.256 e. The molecule has 0 saturated carbocycles. The van der Waals surface area contributed by atoms with Crippen molar-refractivity contribution in [3.05, 3.63) is 48.0 Å². The second kappa shape index (κ2) is 10.3. The number of pyridine rings is 1. The average molecular weight is 515 g/mol. The quantitative estimate of drug-likeness (QED) is 0.345. The van der Waals surface area contributed by atoms with Crippen molar-refractivity contribution >= 4 is 46.1 Å². The molecule has 3 aromatic heterocycles. The van der Waals surface area contributed by atoms with Crippen LogP contribution in [0.5, 0.6) is 5.88 Å². The molecule has 1 aromatic carbocycles. The maximum atomic E-state index is 13.7. The minimum atomic E-state index is -0.327. The van der Waals surface area contributed by atoms with Crippen molar-refractivity contribution in [2.75, 3.05) is 38.3 Å². The van der Waals surface area contributed by atoms with Gasteiger partial charge in [-0.2, -0.15) is 9.50 Å². The van der Waals surface area contributed by atoms with Gasteiger partial charge in [0, 0.05) is 34.8 Å². The number of amides is 1. The van der Waals surface area contributed by atoms with E-state index in [1.807, 2.05) is 13.2 Å². The largest absolute Gasteiger partial charge is 0.475 e. The monoisotopic (exact) mass is 514 g/mol. The van der Waals surface area contributed by atoms with Crippen LogP contribution in [-0.4, -0.2) is 79.8 Å². The fourth-order valence-corrected chi connectivity index (χ4v) is 5.07.